The molecule has 1 saturated heterocycles. The van der Waals surface area contributed by atoms with E-state index >= 15 is 0 Å². The quantitative estimate of drug-likeness (QED) is 0.796. The summed E-state index contributed by atoms with van der Waals surface area (Å²) in [7, 11) is 1.68. The van der Waals surface area contributed by atoms with Gasteiger partial charge in [-0.2, -0.15) is 0 Å². The van der Waals surface area contributed by atoms with Gasteiger partial charge in [0.05, 0.1) is 6.04 Å². The van der Waals surface area contributed by atoms with Crippen molar-refractivity contribution in [1.29, 1.82) is 0 Å². The third-order valence-electron chi connectivity index (χ3n) is 4.60. The molecule has 1 fully saturated rings. The number of likely N-dealkylation sites (N-methyl/N-ethyl adjacent to an activating group) is 2. The second kappa shape index (κ2) is 4.93. The number of rotatable bonds is 3. The standard InChI is InChI=1S/C15H22N5O2/c1-6-9(3)20-10(4)8-19-11-12(16-14(19)20)17(5)15(22)18(7-2)13(11)21/h8-9,11H,6-7H2,1-5H3/q+1. The number of carbonyl (C=O) groups is 2. The van der Waals surface area contributed by atoms with Crippen molar-refractivity contribution in [1.82, 2.24) is 14.4 Å². The average molecular weight is 304 g/mol. The van der Waals surface area contributed by atoms with Gasteiger partial charge in [0.25, 0.3) is 5.91 Å². The van der Waals surface area contributed by atoms with Crippen LogP contribution in [0.4, 0.5) is 10.7 Å². The van der Waals surface area contributed by atoms with Crippen LogP contribution in [0.15, 0.2) is 11.2 Å². The minimum atomic E-state index is -0.526. The SMILES string of the molecule is CCC(C)n1c(C)c[n+]2c1N=C1C2C(=O)N(CC)C(=O)N1C. The Balaban J connectivity index is 2.15. The number of amides is 3. The molecule has 7 nitrogen and oxygen atoms in total. The second-order valence-corrected chi connectivity index (χ2v) is 5.90. The predicted octanol–water partition coefficient (Wildman–Crippen LogP) is 1.55. The van der Waals surface area contributed by atoms with E-state index in [1.807, 2.05) is 24.6 Å². The van der Waals surface area contributed by atoms with Crippen molar-refractivity contribution in [3.63, 3.8) is 0 Å². The van der Waals surface area contributed by atoms with E-state index in [0.717, 1.165) is 18.1 Å². The summed E-state index contributed by atoms with van der Waals surface area (Å²) < 4.78 is 4.03. The summed E-state index contributed by atoms with van der Waals surface area (Å²) in [4.78, 5) is 32.3. The van der Waals surface area contributed by atoms with E-state index in [2.05, 4.69) is 23.4 Å². The Bertz CT molecular complexity index is 690. The van der Waals surface area contributed by atoms with Gasteiger partial charge in [-0.15, -0.1) is 0 Å². The van der Waals surface area contributed by atoms with Crippen LogP contribution >= 0.6 is 0 Å². The van der Waals surface area contributed by atoms with Crippen LogP contribution in [0.2, 0.25) is 0 Å². The summed E-state index contributed by atoms with van der Waals surface area (Å²) in [6, 6.07) is -0.541. The normalized spacial score (nSPS) is 21.9. The smallest absolute Gasteiger partial charge is 0.270 e. The Labute approximate surface area is 129 Å². The number of urea groups is 1. The highest BCUT2D eigenvalue weighted by Crippen LogP contribution is 2.31. The Morgan fingerprint density at radius 1 is 1.36 bits per heavy atom. The Morgan fingerprint density at radius 2 is 2.05 bits per heavy atom. The molecule has 7 heteroatoms. The highest BCUT2D eigenvalue weighted by atomic mass is 16.2. The van der Waals surface area contributed by atoms with E-state index in [9.17, 15) is 9.59 Å². The lowest BCUT2D eigenvalue weighted by Gasteiger charge is -2.32. The van der Waals surface area contributed by atoms with Gasteiger partial charge in [-0.25, -0.2) is 13.9 Å². The fourth-order valence-corrected chi connectivity index (χ4v) is 3.22. The number of hydrogen-bond donors (Lipinski definition) is 0. The number of nitrogens with zero attached hydrogens (tertiary/aromatic N) is 5. The zero-order valence-electron chi connectivity index (χ0n) is 13.7. The van der Waals surface area contributed by atoms with Crippen LogP contribution in [0.25, 0.3) is 0 Å². The summed E-state index contributed by atoms with van der Waals surface area (Å²) in [5, 5.41) is 0. The lowest BCUT2D eigenvalue weighted by Crippen LogP contribution is -2.62. The van der Waals surface area contributed by atoms with Crippen molar-refractivity contribution in [3.05, 3.63) is 11.9 Å². The first-order valence-electron chi connectivity index (χ1n) is 7.72. The van der Waals surface area contributed by atoms with Gasteiger partial charge < -0.3 is 0 Å². The monoisotopic (exact) mass is 304 g/mol. The Morgan fingerprint density at radius 3 is 2.64 bits per heavy atom. The molecule has 2 unspecified atom stereocenters. The Kier molecular flexibility index (Phi) is 3.30. The fraction of sp³-hybridized carbons (Fsp3) is 0.600. The Hall–Kier alpha value is -2.18. The van der Waals surface area contributed by atoms with Crippen LogP contribution in [-0.2, 0) is 4.79 Å². The van der Waals surface area contributed by atoms with Gasteiger partial charge in [-0.05, 0) is 27.2 Å². The van der Waals surface area contributed by atoms with Gasteiger partial charge in [0.1, 0.15) is 11.9 Å². The van der Waals surface area contributed by atoms with Gasteiger partial charge in [-0.3, -0.25) is 14.6 Å². The van der Waals surface area contributed by atoms with Crippen molar-refractivity contribution in [2.45, 2.75) is 46.2 Å². The molecular formula is C15H22N5O2+. The first-order chi connectivity index (χ1) is 10.4. The maximum atomic E-state index is 12.7. The van der Waals surface area contributed by atoms with E-state index < -0.39 is 6.04 Å². The van der Waals surface area contributed by atoms with Gasteiger partial charge in [0.2, 0.25) is 11.9 Å². The molecule has 0 aromatic carbocycles. The molecule has 3 heterocycles. The van der Waals surface area contributed by atoms with Crippen molar-refractivity contribution in [2.75, 3.05) is 13.6 Å². The second-order valence-electron chi connectivity index (χ2n) is 5.90. The van der Waals surface area contributed by atoms with E-state index in [4.69, 9.17) is 0 Å². The summed E-state index contributed by atoms with van der Waals surface area (Å²) in [6.45, 7) is 8.45. The molecule has 2 atom stereocenters. The van der Waals surface area contributed by atoms with Crippen molar-refractivity contribution in [3.8, 4) is 0 Å². The molecule has 3 amide bonds. The summed E-state index contributed by atoms with van der Waals surface area (Å²) in [5.74, 6) is 1.07. The van der Waals surface area contributed by atoms with Crippen LogP contribution in [0, 0.1) is 6.92 Å². The molecule has 1 aromatic heterocycles. The van der Waals surface area contributed by atoms with Crippen LogP contribution < -0.4 is 4.57 Å². The van der Waals surface area contributed by atoms with E-state index in [-0.39, 0.29) is 11.9 Å². The number of aryl methyl sites for hydroxylation is 1. The van der Waals surface area contributed by atoms with Gasteiger partial charge in [-0.1, -0.05) is 11.9 Å². The number of hydrogen-bond acceptors (Lipinski definition) is 3. The van der Waals surface area contributed by atoms with E-state index in [0.29, 0.717) is 18.4 Å². The molecular weight excluding hydrogens is 282 g/mol. The molecule has 22 heavy (non-hydrogen) atoms. The molecule has 2 aliphatic heterocycles. The van der Waals surface area contributed by atoms with Crippen molar-refractivity contribution < 1.29 is 14.2 Å². The molecule has 0 aliphatic carbocycles. The first kappa shape index (κ1) is 14.7. The zero-order valence-corrected chi connectivity index (χ0v) is 13.7. The van der Waals surface area contributed by atoms with Crippen LogP contribution in [0.5, 0.6) is 0 Å². The van der Waals surface area contributed by atoms with E-state index in [1.54, 1.807) is 7.05 Å². The average Bonchev–Trinajstić information content (AvgIpc) is 2.99. The van der Waals surface area contributed by atoms with E-state index in [1.165, 1.54) is 9.80 Å². The molecule has 2 aliphatic rings. The number of fused-ring (bicyclic) bond motifs is 3. The maximum absolute atomic E-state index is 12.7. The summed E-state index contributed by atoms with van der Waals surface area (Å²) in [6.07, 6.45) is 2.93. The molecule has 0 spiro atoms. The number of imide groups is 1. The third kappa shape index (κ3) is 1.74. The molecule has 118 valence electrons. The number of aliphatic imine (C=N–C) groups is 1. The topological polar surface area (TPSA) is 61.8 Å². The highest BCUT2D eigenvalue weighted by Gasteiger charge is 2.52. The summed E-state index contributed by atoms with van der Waals surface area (Å²) in [5.41, 5.74) is 1.07. The number of amidine groups is 1. The molecule has 0 saturated carbocycles. The van der Waals surface area contributed by atoms with Gasteiger partial charge >= 0.3 is 12.0 Å². The van der Waals surface area contributed by atoms with Crippen LogP contribution in [0.3, 0.4) is 0 Å². The maximum Gasteiger partial charge on any atom is 0.402 e. The van der Waals surface area contributed by atoms with Crippen molar-refractivity contribution in [2.24, 2.45) is 4.99 Å². The van der Waals surface area contributed by atoms with Crippen LogP contribution in [-0.4, -0.2) is 45.7 Å². The molecule has 0 N–H and O–H groups in total. The molecule has 0 bridgehead atoms. The highest BCUT2D eigenvalue weighted by molar-refractivity contribution is 6.19. The fourth-order valence-electron chi connectivity index (χ4n) is 3.22. The molecule has 1 aromatic rings. The summed E-state index contributed by atoms with van der Waals surface area (Å²) >= 11 is 0. The van der Waals surface area contributed by atoms with Crippen LogP contribution in [0.1, 0.15) is 45.0 Å². The number of carbonyl (C=O) groups excluding carboxylic acids is 2. The lowest BCUT2D eigenvalue weighted by atomic mass is 10.1. The first-order valence-corrected chi connectivity index (χ1v) is 7.72. The minimum absolute atomic E-state index is 0.200. The minimum Gasteiger partial charge on any atom is -0.270 e. The van der Waals surface area contributed by atoms with Gasteiger partial charge in [0, 0.05) is 13.6 Å². The van der Waals surface area contributed by atoms with Gasteiger partial charge in [0.15, 0.2) is 0 Å². The van der Waals surface area contributed by atoms with Crippen molar-refractivity contribution >= 4 is 23.7 Å². The zero-order chi connectivity index (χ0) is 16.2. The number of aromatic nitrogens is 2. The largest absolute Gasteiger partial charge is 0.402 e. The molecule has 0 radical (unpaired) electrons. The lowest BCUT2D eigenvalue weighted by molar-refractivity contribution is -0.677. The predicted molar refractivity (Wildman–Crippen MR) is 81.0 cm³/mol. The third-order valence-corrected chi connectivity index (χ3v) is 4.60. The molecule has 3 rings (SSSR count). The number of imidazole rings is 1.